The van der Waals surface area contributed by atoms with Crippen LogP contribution in [0.3, 0.4) is 0 Å². The lowest BCUT2D eigenvalue weighted by molar-refractivity contribution is -0.148. The van der Waals surface area contributed by atoms with Gasteiger partial charge in [-0.15, -0.1) is 0 Å². The largest absolute Gasteiger partial charge is 0.346 e. The minimum Gasteiger partial charge on any atom is -0.346 e. The minimum absolute atomic E-state index is 0.162. The molecule has 2 rings (SSSR count). The standard InChI is InChI=1S/C13H16O2/c1-3-13-14-9-12-7-5-4-6-11(12)8-10(2)15-13/h3-7,10,13H,1,8-9H2,2H3/t10-,13+/m1/s1. The van der Waals surface area contributed by atoms with Gasteiger partial charge in [0.15, 0.2) is 6.29 Å². The highest BCUT2D eigenvalue weighted by molar-refractivity contribution is 5.27. The Kier molecular flexibility index (Phi) is 3.19. The van der Waals surface area contributed by atoms with Gasteiger partial charge in [0.2, 0.25) is 0 Å². The van der Waals surface area contributed by atoms with Gasteiger partial charge in [-0.3, -0.25) is 0 Å². The van der Waals surface area contributed by atoms with Crippen LogP contribution in [0.1, 0.15) is 18.1 Å². The van der Waals surface area contributed by atoms with E-state index in [9.17, 15) is 0 Å². The van der Waals surface area contributed by atoms with Gasteiger partial charge in [-0.25, -0.2) is 0 Å². The van der Waals surface area contributed by atoms with Crippen LogP contribution in [-0.4, -0.2) is 12.4 Å². The van der Waals surface area contributed by atoms with E-state index in [0.29, 0.717) is 6.61 Å². The molecule has 0 bridgehead atoms. The Balaban J connectivity index is 2.22. The summed E-state index contributed by atoms with van der Waals surface area (Å²) in [7, 11) is 0. The molecule has 1 heterocycles. The van der Waals surface area contributed by atoms with Crippen LogP contribution < -0.4 is 0 Å². The Bertz CT molecular complexity index is 346. The predicted octanol–water partition coefficient (Wildman–Crippen LogP) is 2.68. The Hall–Kier alpha value is -1.12. The van der Waals surface area contributed by atoms with Crippen molar-refractivity contribution in [3.8, 4) is 0 Å². The topological polar surface area (TPSA) is 18.5 Å². The fourth-order valence-corrected chi connectivity index (χ4v) is 1.82. The van der Waals surface area contributed by atoms with Crippen LogP contribution in [0.15, 0.2) is 36.9 Å². The smallest absolute Gasteiger partial charge is 0.177 e. The summed E-state index contributed by atoms with van der Waals surface area (Å²) in [5, 5.41) is 0. The third-order valence-corrected chi connectivity index (χ3v) is 2.59. The molecular formula is C13H16O2. The van der Waals surface area contributed by atoms with Gasteiger partial charge >= 0.3 is 0 Å². The maximum Gasteiger partial charge on any atom is 0.177 e. The lowest BCUT2D eigenvalue weighted by atomic mass is 10.0. The van der Waals surface area contributed by atoms with E-state index >= 15 is 0 Å². The van der Waals surface area contributed by atoms with Crippen LogP contribution >= 0.6 is 0 Å². The molecule has 0 saturated heterocycles. The van der Waals surface area contributed by atoms with Crippen LogP contribution in [0, 0.1) is 0 Å². The van der Waals surface area contributed by atoms with E-state index in [1.807, 2.05) is 6.07 Å². The zero-order valence-corrected chi connectivity index (χ0v) is 8.98. The summed E-state index contributed by atoms with van der Waals surface area (Å²) in [5.41, 5.74) is 2.56. The van der Waals surface area contributed by atoms with E-state index in [1.165, 1.54) is 11.1 Å². The van der Waals surface area contributed by atoms with Gasteiger partial charge in [-0.05, 0) is 30.5 Å². The predicted molar refractivity (Wildman–Crippen MR) is 59.5 cm³/mol. The molecule has 1 aliphatic rings. The minimum atomic E-state index is -0.284. The summed E-state index contributed by atoms with van der Waals surface area (Å²) in [6.45, 7) is 6.35. The highest BCUT2D eigenvalue weighted by Gasteiger charge is 2.16. The lowest BCUT2D eigenvalue weighted by Crippen LogP contribution is -2.25. The van der Waals surface area contributed by atoms with Gasteiger partial charge in [-0.2, -0.15) is 0 Å². The summed E-state index contributed by atoms with van der Waals surface area (Å²) >= 11 is 0. The van der Waals surface area contributed by atoms with Gasteiger partial charge < -0.3 is 9.47 Å². The van der Waals surface area contributed by atoms with Crippen LogP contribution in [0.25, 0.3) is 0 Å². The number of fused-ring (bicyclic) bond motifs is 1. The van der Waals surface area contributed by atoms with Crippen LogP contribution in [-0.2, 0) is 22.5 Å². The third-order valence-electron chi connectivity index (χ3n) is 2.59. The zero-order chi connectivity index (χ0) is 10.7. The van der Waals surface area contributed by atoms with Crippen molar-refractivity contribution in [2.45, 2.75) is 32.3 Å². The first-order valence-corrected chi connectivity index (χ1v) is 5.26. The fraction of sp³-hybridized carbons (Fsp3) is 0.385. The number of ether oxygens (including phenoxy) is 2. The van der Waals surface area contributed by atoms with Crippen molar-refractivity contribution < 1.29 is 9.47 Å². The summed E-state index contributed by atoms with van der Waals surface area (Å²) in [6, 6.07) is 8.33. The molecule has 80 valence electrons. The lowest BCUT2D eigenvalue weighted by Gasteiger charge is -2.24. The molecule has 2 nitrogen and oxygen atoms in total. The first-order valence-electron chi connectivity index (χ1n) is 5.26. The van der Waals surface area contributed by atoms with Crippen molar-refractivity contribution in [3.63, 3.8) is 0 Å². The average Bonchev–Trinajstić information content (AvgIpc) is 2.23. The molecule has 0 saturated carbocycles. The second-order valence-corrected chi connectivity index (χ2v) is 3.83. The van der Waals surface area contributed by atoms with E-state index < -0.39 is 0 Å². The van der Waals surface area contributed by atoms with Crippen molar-refractivity contribution >= 4 is 0 Å². The van der Waals surface area contributed by atoms with Gasteiger partial charge in [0.25, 0.3) is 0 Å². The fourth-order valence-electron chi connectivity index (χ4n) is 1.82. The van der Waals surface area contributed by atoms with Crippen molar-refractivity contribution in [1.29, 1.82) is 0 Å². The van der Waals surface area contributed by atoms with Gasteiger partial charge in [0.1, 0.15) is 0 Å². The van der Waals surface area contributed by atoms with Crippen molar-refractivity contribution in [2.75, 3.05) is 0 Å². The highest BCUT2D eigenvalue weighted by Crippen LogP contribution is 2.19. The maximum atomic E-state index is 5.66. The van der Waals surface area contributed by atoms with Gasteiger partial charge in [0.05, 0.1) is 12.7 Å². The number of hydrogen-bond acceptors (Lipinski definition) is 2. The first kappa shape index (κ1) is 10.4. The molecule has 0 N–H and O–H groups in total. The number of hydrogen-bond donors (Lipinski definition) is 0. The van der Waals surface area contributed by atoms with Gasteiger partial charge in [-0.1, -0.05) is 30.8 Å². The second kappa shape index (κ2) is 4.60. The van der Waals surface area contributed by atoms with Crippen molar-refractivity contribution in [3.05, 3.63) is 48.0 Å². The Labute approximate surface area is 90.5 Å². The Morgan fingerprint density at radius 3 is 2.80 bits per heavy atom. The average molecular weight is 204 g/mol. The third kappa shape index (κ3) is 2.46. The number of rotatable bonds is 1. The number of benzene rings is 1. The maximum absolute atomic E-state index is 5.66. The summed E-state index contributed by atoms with van der Waals surface area (Å²) in [4.78, 5) is 0. The van der Waals surface area contributed by atoms with E-state index in [-0.39, 0.29) is 12.4 Å². The van der Waals surface area contributed by atoms with E-state index in [1.54, 1.807) is 6.08 Å². The van der Waals surface area contributed by atoms with Crippen molar-refractivity contribution in [2.24, 2.45) is 0 Å². The molecule has 15 heavy (non-hydrogen) atoms. The van der Waals surface area contributed by atoms with E-state index in [4.69, 9.17) is 9.47 Å². The SMILES string of the molecule is C=C[C@H]1OCc2ccccc2C[C@@H](C)O1. The van der Waals surface area contributed by atoms with Crippen molar-refractivity contribution in [1.82, 2.24) is 0 Å². The Morgan fingerprint density at radius 1 is 1.33 bits per heavy atom. The van der Waals surface area contributed by atoms with Crippen LogP contribution in [0.2, 0.25) is 0 Å². The molecule has 0 spiro atoms. The molecular weight excluding hydrogens is 188 g/mol. The Morgan fingerprint density at radius 2 is 2.07 bits per heavy atom. The molecule has 2 atom stereocenters. The molecule has 0 fully saturated rings. The molecule has 1 aromatic rings. The molecule has 0 aliphatic carbocycles. The summed E-state index contributed by atoms with van der Waals surface area (Å²) < 4.78 is 11.2. The van der Waals surface area contributed by atoms with E-state index in [0.717, 1.165) is 6.42 Å². The van der Waals surface area contributed by atoms with Gasteiger partial charge in [0, 0.05) is 0 Å². The highest BCUT2D eigenvalue weighted by atomic mass is 16.7. The molecule has 0 amide bonds. The zero-order valence-electron chi connectivity index (χ0n) is 8.98. The molecule has 1 aliphatic heterocycles. The summed E-state index contributed by atoms with van der Waals surface area (Å²) in [6.07, 6.45) is 2.51. The summed E-state index contributed by atoms with van der Waals surface area (Å²) in [5.74, 6) is 0. The molecule has 2 heteroatoms. The molecule has 0 unspecified atom stereocenters. The van der Waals surface area contributed by atoms with E-state index in [2.05, 4.69) is 31.7 Å². The quantitative estimate of drug-likeness (QED) is 0.655. The monoisotopic (exact) mass is 204 g/mol. The second-order valence-electron chi connectivity index (χ2n) is 3.83. The van der Waals surface area contributed by atoms with Crippen LogP contribution in [0.5, 0.6) is 0 Å². The molecule has 1 aromatic carbocycles. The molecule has 0 aromatic heterocycles. The van der Waals surface area contributed by atoms with Crippen LogP contribution in [0.4, 0.5) is 0 Å². The molecule has 0 radical (unpaired) electrons. The normalized spacial score (nSPS) is 26.2. The first-order chi connectivity index (χ1) is 7.29.